The van der Waals surface area contributed by atoms with Crippen molar-refractivity contribution in [1.29, 1.82) is 0 Å². The van der Waals surface area contributed by atoms with Gasteiger partial charge in [0.05, 0.1) is 6.04 Å². The molecule has 3 heteroatoms. The number of carbonyl (C=O) groups is 1. The molecule has 0 aliphatic heterocycles. The van der Waals surface area contributed by atoms with Crippen LogP contribution in [0.15, 0.2) is 30.3 Å². The van der Waals surface area contributed by atoms with E-state index in [1.54, 1.807) is 0 Å². The molecule has 3 nitrogen and oxygen atoms in total. The lowest BCUT2D eigenvalue weighted by Gasteiger charge is -2.37. The Morgan fingerprint density at radius 2 is 1.85 bits per heavy atom. The summed E-state index contributed by atoms with van der Waals surface area (Å²) >= 11 is 0. The van der Waals surface area contributed by atoms with Crippen LogP contribution < -0.4 is 10.6 Å². The topological polar surface area (TPSA) is 41.1 Å². The van der Waals surface area contributed by atoms with Crippen LogP contribution in [0.2, 0.25) is 0 Å². The third kappa shape index (κ3) is 3.83. The van der Waals surface area contributed by atoms with E-state index in [0.717, 1.165) is 18.4 Å². The summed E-state index contributed by atoms with van der Waals surface area (Å²) in [6.45, 7) is 2.04. The normalized spacial score (nSPS) is 19.3. The maximum Gasteiger partial charge on any atom is 0.222 e. The molecule has 0 radical (unpaired) electrons. The van der Waals surface area contributed by atoms with Crippen molar-refractivity contribution in [3.8, 4) is 0 Å². The molecule has 20 heavy (non-hydrogen) atoms. The molecule has 0 heterocycles. The van der Waals surface area contributed by atoms with Crippen LogP contribution in [0.5, 0.6) is 0 Å². The minimum atomic E-state index is 0.0126. The van der Waals surface area contributed by atoms with E-state index >= 15 is 0 Å². The largest absolute Gasteiger partial charge is 0.350 e. The summed E-state index contributed by atoms with van der Waals surface area (Å²) in [4.78, 5) is 12.3. The molecule has 110 valence electrons. The summed E-state index contributed by atoms with van der Waals surface area (Å²) in [7, 11) is 1.99. The zero-order valence-electron chi connectivity index (χ0n) is 12.6. The van der Waals surface area contributed by atoms with Crippen molar-refractivity contribution in [3.05, 3.63) is 35.9 Å². The van der Waals surface area contributed by atoms with Gasteiger partial charge in [-0.3, -0.25) is 4.79 Å². The van der Waals surface area contributed by atoms with E-state index in [1.807, 2.05) is 32.2 Å². The highest BCUT2D eigenvalue weighted by Crippen LogP contribution is 2.30. The molecule has 0 unspecified atom stereocenters. The van der Waals surface area contributed by atoms with Gasteiger partial charge in [0.25, 0.3) is 0 Å². The lowest BCUT2D eigenvalue weighted by Crippen LogP contribution is -2.48. The number of nitrogens with one attached hydrogen (secondary N) is 2. The summed E-state index contributed by atoms with van der Waals surface area (Å²) in [5.74, 6) is 0.151. The molecular weight excluding hydrogens is 248 g/mol. The molecule has 0 spiro atoms. The number of hydrogen-bond acceptors (Lipinski definition) is 2. The number of rotatable bonds is 5. The van der Waals surface area contributed by atoms with Gasteiger partial charge in [-0.05, 0) is 32.4 Å². The average molecular weight is 274 g/mol. The van der Waals surface area contributed by atoms with Crippen LogP contribution in [-0.2, 0) is 4.79 Å². The van der Waals surface area contributed by atoms with Gasteiger partial charge in [0.1, 0.15) is 0 Å². The first-order chi connectivity index (χ1) is 9.65. The Kier molecular flexibility index (Phi) is 5.18. The Labute approximate surface area is 122 Å². The summed E-state index contributed by atoms with van der Waals surface area (Å²) in [5, 5.41) is 6.52. The fourth-order valence-electron chi connectivity index (χ4n) is 3.17. The van der Waals surface area contributed by atoms with Crippen molar-refractivity contribution in [2.24, 2.45) is 0 Å². The first kappa shape index (κ1) is 15.0. The predicted octanol–water partition coefficient (Wildman–Crippen LogP) is 3.18. The van der Waals surface area contributed by atoms with Crippen molar-refractivity contribution >= 4 is 5.91 Å². The van der Waals surface area contributed by atoms with Gasteiger partial charge >= 0.3 is 0 Å². The first-order valence-corrected chi connectivity index (χ1v) is 7.68. The molecule has 1 saturated carbocycles. The monoisotopic (exact) mass is 274 g/mol. The van der Waals surface area contributed by atoms with Crippen LogP contribution in [0.4, 0.5) is 0 Å². The van der Waals surface area contributed by atoms with E-state index in [2.05, 4.69) is 22.8 Å². The molecule has 1 aliphatic rings. The highest BCUT2D eigenvalue weighted by molar-refractivity contribution is 5.77. The molecule has 0 aromatic heterocycles. The molecule has 2 N–H and O–H groups in total. The highest BCUT2D eigenvalue weighted by Gasteiger charge is 2.32. The van der Waals surface area contributed by atoms with Gasteiger partial charge in [-0.1, -0.05) is 49.6 Å². The molecule has 1 aromatic rings. The van der Waals surface area contributed by atoms with E-state index < -0.39 is 0 Å². The Morgan fingerprint density at radius 1 is 1.20 bits per heavy atom. The standard InChI is InChI=1S/C17H26N2O/c1-14(15-9-5-3-6-10-15)19-16(20)13-17(18-2)11-7-4-8-12-17/h3,5-6,9-10,14,18H,4,7-8,11-13H2,1-2H3,(H,19,20)/t14-/m0/s1. The average Bonchev–Trinajstić information content (AvgIpc) is 2.49. The van der Waals surface area contributed by atoms with E-state index in [9.17, 15) is 4.79 Å². The molecular formula is C17H26N2O. The fourth-order valence-corrected chi connectivity index (χ4v) is 3.17. The summed E-state index contributed by atoms with van der Waals surface area (Å²) in [6, 6.07) is 10.2. The molecule has 2 rings (SSSR count). The maximum absolute atomic E-state index is 12.3. The van der Waals surface area contributed by atoms with E-state index in [0.29, 0.717) is 6.42 Å². The smallest absolute Gasteiger partial charge is 0.222 e. The van der Waals surface area contributed by atoms with E-state index in [1.165, 1.54) is 19.3 Å². The lowest BCUT2D eigenvalue weighted by molar-refractivity contribution is -0.123. The lowest BCUT2D eigenvalue weighted by atomic mass is 9.79. The van der Waals surface area contributed by atoms with Crippen molar-refractivity contribution in [1.82, 2.24) is 10.6 Å². The molecule has 0 saturated heterocycles. The zero-order valence-corrected chi connectivity index (χ0v) is 12.6. The summed E-state index contributed by atoms with van der Waals surface area (Å²) in [5.41, 5.74) is 1.17. The van der Waals surface area contributed by atoms with E-state index in [-0.39, 0.29) is 17.5 Å². The van der Waals surface area contributed by atoms with Crippen LogP contribution in [0.25, 0.3) is 0 Å². The minimum absolute atomic E-state index is 0.0126. The Bertz CT molecular complexity index is 424. The number of hydrogen-bond donors (Lipinski definition) is 2. The molecule has 1 amide bonds. The highest BCUT2D eigenvalue weighted by atomic mass is 16.1. The Morgan fingerprint density at radius 3 is 2.45 bits per heavy atom. The second-order valence-corrected chi connectivity index (χ2v) is 5.97. The predicted molar refractivity (Wildman–Crippen MR) is 82.5 cm³/mol. The van der Waals surface area contributed by atoms with Crippen molar-refractivity contribution < 1.29 is 4.79 Å². The molecule has 1 fully saturated rings. The van der Waals surface area contributed by atoms with Gasteiger partial charge in [-0.2, -0.15) is 0 Å². The molecule has 1 aliphatic carbocycles. The summed E-state index contributed by atoms with van der Waals surface area (Å²) in [6.07, 6.45) is 6.55. The Balaban J connectivity index is 1.91. The quantitative estimate of drug-likeness (QED) is 0.866. The fraction of sp³-hybridized carbons (Fsp3) is 0.588. The summed E-state index contributed by atoms with van der Waals surface area (Å²) < 4.78 is 0. The zero-order chi connectivity index (χ0) is 14.4. The third-order valence-corrected chi connectivity index (χ3v) is 4.52. The van der Waals surface area contributed by atoms with Crippen molar-refractivity contribution in [2.75, 3.05) is 7.05 Å². The van der Waals surface area contributed by atoms with Gasteiger partial charge in [0.2, 0.25) is 5.91 Å². The van der Waals surface area contributed by atoms with Gasteiger partial charge in [-0.25, -0.2) is 0 Å². The van der Waals surface area contributed by atoms with Gasteiger partial charge in [0, 0.05) is 12.0 Å². The van der Waals surface area contributed by atoms with Gasteiger partial charge in [-0.15, -0.1) is 0 Å². The van der Waals surface area contributed by atoms with Crippen LogP contribution in [0.1, 0.15) is 57.1 Å². The second kappa shape index (κ2) is 6.89. The second-order valence-electron chi connectivity index (χ2n) is 5.97. The Hall–Kier alpha value is -1.35. The third-order valence-electron chi connectivity index (χ3n) is 4.52. The van der Waals surface area contributed by atoms with Gasteiger partial charge < -0.3 is 10.6 Å². The molecule has 1 atom stereocenters. The van der Waals surface area contributed by atoms with Crippen LogP contribution in [-0.4, -0.2) is 18.5 Å². The molecule has 1 aromatic carbocycles. The van der Waals surface area contributed by atoms with Crippen LogP contribution in [0.3, 0.4) is 0 Å². The van der Waals surface area contributed by atoms with E-state index in [4.69, 9.17) is 0 Å². The van der Waals surface area contributed by atoms with Gasteiger partial charge in [0.15, 0.2) is 0 Å². The number of amides is 1. The number of benzene rings is 1. The SMILES string of the molecule is CNC1(CC(=O)N[C@@H](C)c2ccccc2)CCCCC1. The van der Waals surface area contributed by atoms with Crippen LogP contribution in [0, 0.1) is 0 Å². The molecule has 0 bridgehead atoms. The maximum atomic E-state index is 12.3. The van der Waals surface area contributed by atoms with Crippen LogP contribution >= 0.6 is 0 Å². The van der Waals surface area contributed by atoms with Crippen molar-refractivity contribution in [2.45, 2.75) is 57.0 Å². The van der Waals surface area contributed by atoms with Crippen molar-refractivity contribution in [3.63, 3.8) is 0 Å². The minimum Gasteiger partial charge on any atom is -0.350 e. The first-order valence-electron chi connectivity index (χ1n) is 7.68. The number of carbonyl (C=O) groups excluding carboxylic acids is 1.